The van der Waals surface area contributed by atoms with E-state index in [0.29, 0.717) is 0 Å². The van der Waals surface area contributed by atoms with Crippen LogP contribution in [0.5, 0.6) is 0 Å². The molecule has 4 aromatic rings. The third-order valence-electron chi connectivity index (χ3n) is 8.22. The average molecular weight is 777 g/mol. The first kappa shape index (κ1) is 39.5. The van der Waals surface area contributed by atoms with Crippen molar-refractivity contribution in [3.63, 3.8) is 0 Å². The van der Waals surface area contributed by atoms with Crippen molar-refractivity contribution in [1.82, 2.24) is 0 Å². The Morgan fingerprint density at radius 2 is 0.554 bits per heavy atom. The van der Waals surface area contributed by atoms with Gasteiger partial charge in [-0.3, -0.25) is 40.5 Å². The van der Waals surface area contributed by atoms with Crippen LogP contribution < -0.4 is 0 Å². The van der Waals surface area contributed by atoms with Gasteiger partial charge in [-0.2, -0.15) is 0 Å². The highest BCUT2D eigenvalue weighted by Crippen LogP contribution is 2.33. The molecule has 0 spiro atoms. The van der Waals surface area contributed by atoms with Crippen molar-refractivity contribution >= 4 is 46.6 Å². The van der Waals surface area contributed by atoms with Crippen molar-refractivity contribution in [3.05, 3.63) is 160 Å². The fourth-order valence-corrected chi connectivity index (χ4v) is 5.34. The standard InChI is InChI=1S/C34H24N4O18/c39-25-26(40)28(54-32(42)18-3-11-22(12-4-18)36(47)48)30(56-34(44)20-7-15-24(16-8-20)38(51)52)29(55-33(43)19-5-13-23(14-6-19)37(49)50)27(25)53-31(41)17-1-9-21(10-2-17)35(45)46/h1-16,25-30,39-40H/t25-,26+,27+,28-,29-,30?/m1/s1. The van der Waals surface area contributed by atoms with Gasteiger partial charge >= 0.3 is 23.9 Å². The Morgan fingerprint density at radius 1 is 0.375 bits per heavy atom. The van der Waals surface area contributed by atoms with E-state index in [9.17, 15) is 69.8 Å². The van der Waals surface area contributed by atoms with Gasteiger partial charge < -0.3 is 29.2 Å². The quantitative estimate of drug-likeness (QED) is 0.0902. The van der Waals surface area contributed by atoms with E-state index >= 15 is 0 Å². The Labute approximate surface area is 311 Å². The Kier molecular flexibility index (Phi) is 11.7. The number of nitro benzene ring substituents is 4. The number of esters is 4. The summed E-state index contributed by atoms with van der Waals surface area (Å²) >= 11 is 0. The van der Waals surface area contributed by atoms with E-state index < -0.39 is 103 Å². The molecule has 0 aliphatic heterocycles. The van der Waals surface area contributed by atoms with Crippen molar-refractivity contribution < 1.29 is 68.0 Å². The Balaban J connectivity index is 1.57. The maximum atomic E-state index is 13.5. The lowest BCUT2D eigenvalue weighted by Crippen LogP contribution is -2.67. The summed E-state index contributed by atoms with van der Waals surface area (Å²) in [5.41, 5.74) is -3.11. The Bertz CT molecular complexity index is 2040. The highest BCUT2D eigenvalue weighted by Gasteiger charge is 2.57. The molecule has 1 aliphatic carbocycles. The van der Waals surface area contributed by atoms with Crippen LogP contribution in [0.4, 0.5) is 22.7 Å². The third-order valence-corrected chi connectivity index (χ3v) is 8.22. The van der Waals surface area contributed by atoms with Gasteiger partial charge in [-0.05, 0) is 48.5 Å². The number of benzene rings is 4. The molecular formula is C34H24N4O18. The minimum Gasteiger partial charge on any atom is -0.452 e. The van der Waals surface area contributed by atoms with Gasteiger partial charge in [-0.1, -0.05) is 0 Å². The van der Waals surface area contributed by atoms with Crippen molar-refractivity contribution in [2.24, 2.45) is 0 Å². The van der Waals surface area contributed by atoms with Crippen molar-refractivity contribution in [3.8, 4) is 0 Å². The molecule has 0 aromatic heterocycles. The summed E-state index contributed by atoms with van der Waals surface area (Å²) in [6.07, 6.45) is -13.4. The summed E-state index contributed by atoms with van der Waals surface area (Å²) in [5, 5.41) is 67.3. The fraction of sp³-hybridized carbons (Fsp3) is 0.176. The smallest absolute Gasteiger partial charge is 0.338 e. The van der Waals surface area contributed by atoms with E-state index in [0.717, 1.165) is 97.1 Å². The molecule has 1 unspecified atom stereocenters. The zero-order chi connectivity index (χ0) is 40.8. The third kappa shape index (κ3) is 8.73. The lowest BCUT2D eigenvalue weighted by molar-refractivity contribution is -0.385. The number of carbonyl (C=O) groups is 4. The molecule has 288 valence electrons. The average Bonchev–Trinajstić information content (AvgIpc) is 3.19. The van der Waals surface area contributed by atoms with E-state index in [1.54, 1.807) is 0 Å². The van der Waals surface area contributed by atoms with Gasteiger partial charge in [0.1, 0.15) is 12.2 Å². The molecule has 0 bridgehead atoms. The van der Waals surface area contributed by atoms with Gasteiger partial charge in [-0.25, -0.2) is 19.2 Å². The highest BCUT2D eigenvalue weighted by atomic mass is 16.7. The van der Waals surface area contributed by atoms with Gasteiger partial charge in [-0.15, -0.1) is 0 Å². The minimum atomic E-state index is -2.32. The van der Waals surface area contributed by atoms with Crippen LogP contribution in [0.3, 0.4) is 0 Å². The van der Waals surface area contributed by atoms with Crippen LogP contribution in [-0.2, 0) is 18.9 Å². The highest BCUT2D eigenvalue weighted by molar-refractivity contribution is 5.92. The monoisotopic (exact) mass is 776 g/mol. The first-order chi connectivity index (χ1) is 26.5. The molecule has 6 atom stereocenters. The summed E-state index contributed by atoms with van der Waals surface area (Å²) in [6, 6.07) is 15.3. The van der Waals surface area contributed by atoms with Crippen LogP contribution >= 0.6 is 0 Å². The van der Waals surface area contributed by atoms with E-state index in [2.05, 4.69) is 0 Å². The number of nitro groups is 4. The molecule has 22 heteroatoms. The van der Waals surface area contributed by atoms with Gasteiger partial charge in [0, 0.05) is 48.5 Å². The first-order valence-corrected chi connectivity index (χ1v) is 15.7. The largest absolute Gasteiger partial charge is 0.452 e. The number of carbonyl (C=O) groups excluding carboxylic acids is 4. The van der Waals surface area contributed by atoms with Gasteiger partial charge in [0.05, 0.1) is 41.9 Å². The summed E-state index contributed by atoms with van der Waals surface area (Å²) < 4.78 is 22.0. The number of nitrogens with zero attached hydrogens (tertiary/aromatic N) is 4. The predicted octanol–water partition coefficient (Wildman–Crippen LogP) is 3.26. The molecule has 0 radical (unpaired) electrons. The lowest BCUT2D eigenvalue weighted by Gasteiger charge is -2.45. The Morgan fingerprint density at radius 3 is 0.732 bits per heavy atom. The zero-order valence-electron chi connectivity index (χ0n) is 27.9. The van der Waals surface area contributed by atoms with Gasteiger partial charge in [0.2, 0.25) is 0 Å². The molecule has 2 N–H and O–H groups in total. The van der Waals surface area contributed by atoms with Gasteiger partial charge in [0.15, 0.2) is 24.4 Å². The molecule has 4 aromatic carbocycles. The summed E-state index contributed by atoms with van der Waals surface area (Å²) in [4.78, 5) is 95.2. The molecule has 1 aliphatic rings. The SMILES string of the molecule is O=C(OC1[C@H](OC(=O)c2ccc([N+](=O)[O-])cc2)[C@@H](O)[C@@H](O)[C@H](OC(=O)c2ccc([N+](=O)[O-])cc2)[C@H]1OC(=O)c1ccc([N+](=O)[O-])cc1)c1ccc([N+](=O)[O-])cc1. The number of rotatable bonds is 12. The minimum absolute atomic E-state index is 0.344. The van der Waals surface area contributed by atoms with Crippen LogP contribution in [-0.4, -0.2) is 90.4 Å². The second-order valence-electron chi connectivity index (χ2n) is 11.7. The molecule has 1 fully saturated rings. The Hall–Kier alpha value is -7.72. The van der Waals surface area contributed by atoms with Crippen LogP contribution in [0.2, 0.25) is 0 Å². The van der Waals surface area contributed by atoms with Crippen molar-refractivity contribution in [2.75, 3.05) is 0 Å². The molecule has 0 saturated heterocycles. The predicted molar refractivity (Wildman–Crippen MR) is 181 cm³/mol. The van der Waals surface area contributed by atoms with Crippen LogP contribution in [0.25, 0.3) is 0 Å². The summed E-state index contributed by atoms with van der Waals surface area (Å²) in [7, 11) is 0. The molecule has 0 heterocycles. The molecule has 22 nitrogen and oxygen atoms in total. The molecule has 0 amide bonds. The van der Waals surface area contributed by atoms with Crippen LogP contribution in [0.15, 0.2) is 97.1 Å². The fourth-order valence-electron chi connectivity index (χ4n) is 5.34. The topological polar surface area (TPSA) is 318 Å². The molecule has 5 rings (SSSR count). The molecular weight excluding hydrogens is 752 g/mol. The van der Waals surface area contributed by atoms with E-state index in [1.165, 1.54) is 0 Å². The molecule has 56 heavy (non-hydrogen) atoms. The molecule has 1 saturated carbocycles. The number of aliphatic hydroxyl groups is 2. The van der Waals surface area contributed by atoms with Crippen LogP contribution in [0, 0.1) is 40.5 Å². The number of hydrogen-bond acceptors (Lipinski definition) is 18. The normalized spacial score (nSPS) is 20.1. The maximum Gasteiger partial charge on any atom is 0.338 e. The van der Waals surface area contributed by atoms with Crippen molar-refractivity contribution in [1.29, 1.82) is 0 Å². The number of non-ortho nitro benzene ring substituents is 4. The lowest BCUT2D eigenvalue weighted by atomic mass is 9.84. The zero-order valence-corrected chi connectivity index (χ0v) is 27.9. The second-order valence-corrected chi connectivity index (χ2v) is 11.7. The first-order valence-electron chi connectivity index (χ1n) is 15.7. The number of hydrogen-bond donors (Lipinski definition) is 2. The van der Waals surface area contributed by atoms with Gasteiger partial charge in [0.25, 0.3) is 22.7 Å². The van der Waals surface area contributed by atoms with E-state index in [1.807, 2.05) is 0 Å². The number of ether oxygens (including phenoxy) is 4. The maximum absolute atomic E-state index is 13.5. The summed E-state index contributed by atoms with van der Waals surface area (Å²) in [5.74, 6) is -5.29. The summed E-state index contributed by atoms with van der Waals surface area (Å²) in [6.45, 7) is 0. The number of aliphatic hydroxyl groups excluding tert-OH is 2. The van der Waals surface area contributed by atoms with Crippen LogP contribution in [0.1, 0.15) is 41.4 Å². The second kappa shape index (κ2) is 16.5. The van der Waals surface area contributed by atoms with E-state index in [-0.39, 0.29) is 22.3 Å². The van der Waals surface area contributed by atoms with E-state index in [4.69, 9.17) is 18.9 Å². The van der Waals surface area contributed by atoms with Crippen molar-refractivity contribution in [2.45, 2.75) is 36.6 Å².